The molecule has 0 amide bonds. The summed E-state index contributed by atoms with van der Waals surface area (Å²) in [4.78, 5) is 0. The largest absolute Gasteiger partial charge is 0.504 e. The lowest BCUT2D eigenvalue weighted by Crippen LogP contribution is -2.26. The first-order valence-corrected chi connectivity index (χ1v) is 5.69. The number of hydrogen-bond acceptors (Lipinski definition) is 3. The fourth-order valence-electron chi connectivity index (χ4n) is 1.33. The van der Waals surface area contributed by atoms with E-state index in [0.717, 1.165) is 18.4 Å². The standard InChI is InChI=1S/C13H21NO2/c1-4-13(2,3)16-12-9-10(7-8-14)5-6-11(12)15/h5-6,9,15H,4,7-8,14H2,1-3H3. The molecule has 0 aliphatic carbocycles. The summed E-state index contributed by atoms with van der Waals surface area (Å²) >= 11 is 0. The summed E-state index contributed by atoms with van der Waals surface area (Å²) in [6.45, 7) is 6.66. The Morgan fingerprint density at radius 2 is 2.06 bits per heavy atom. The van der Waals surface area contributed by atoms with E-state index in [1.165, 1.54) is 0 Å². The number of hydrogen-bond donors (Lipinski definition) is 2. The highest BCUT2D eigenvalue weighted by Crippen LogP contribution is 2.31. The van der Waals surface area contributed by atoms with Gasteiger partial charge in [-0.1, -0.05) is 13.0 Å². The van der Waals surface area contributed by atoms with E-state index in [-0.39, 0.29) is 11.4 Å². The van der Waals surface area contributed by atoms with Crippen molar-refractivity contribution in [2.75, 3.05) is 6.54 Å². The van der Waals surface area contributed by atoms with E-state index in [9.17, 15) is 5.11 Å². The molecule has 0 unspecified atom stereocenters. The van der Waals surface area contributed by atoms with Gasteiger partial charge in [-0.3, -0.25) is 0 Å². The third-order valence-corrected chi connectivity index (χ3v) is 2.69. The highest BCUT2D eigenvalue weighted by Gasteiger charge is 2.18. The number of rotatable bonds is 5. The van der Waals surface area contributed by atoms with Crippen molar-refractivity contribution in [2.45, 2.75) is 39.2 Å². The van der Waals surface area contributed by atoms with Crippen molar-refractivity contribution in [1.82, 2.24) is 0 Å². The Bertz CT molecular complexity index is 348. The van der Waals surface area contributed by atoms with Gasteiger partial charge in [0.2, 0.25) is 0 Å². The number of ether oxygens (including phenoxy) is 1. The molecule has 3 N–H and O–H groups in total. The molecule has 0 atom stereocenters. The number of phenolic OH excluding ortho intramolecular Hbond substituents is 1. The Balaban J connectivity index is 2.89. The zero-order valence-electron chi connectivity index (χ0n) is 10.3. The van der Waals surface area contributed by atoms with Gasteiger partial charge in [0.1, 0.15) is 5.60 Å². The molecule has 0 aliphatic rings. The zero-order chi connectivity index (χ0) is 12.2. The average molecular weight is 223 g/mol. The third-order valence-electron chi connectivity index (χ3n) is 2.69. The Hall–Kier alpha value is -1.22. The van der Waals surface area contributed by atoms with Crippen LogP contribution in [-0.2, 0) is 6.42 Å². The monoisotopic (exact) mass is 223 g/mol. The van der Waals surface area contributed by atoms with Crippen LogP contribution in [0, 0.1) is 0 Å². The molecule has 0 saturated heterocycles. The molecule has 0 saturated carbocycles. The number of nitrogens with two attached hydrogens (primary N) is 1. The first kappa shape index (κ1) is 12.8. The zero-order valence-corrected chi connectivity index (χ0v) is 10.3. The van der Waals surface area contributed by atoms with Crippen LogP contribution in [0.1, 0.15) is 32.8 Å². The van der Waals surface area contributed by atoms with Crippen LogP contribution in [0.25, 0.3) is 0 Å². The van der Waals surface area contributed by atoms with Crippen LogP contribution >= 0.6 is 0 Å². The quantitative estimate of drug-likeness (QED) is 0.806. The molecule has 0 radical (unpaired) electrons. The Kier molecular flexibility index (Phi) is 4.19. The molecule has 0 aliphatic heterocycles. The van der Waals surface area contributed by atoms with Gasteiger partial charge in [-0.2, -0.15) is 0 Å². The lowest BCUT2D eigenvalue weighted by atomic mass is 10.1. The van der Waals surface area contributed by atoms with E-state index < -0.39 is 0 Å². The van der Waals surface area contributed by atoms with Crippen LogP contribution in [0.5, 0.6) is 11.5 Å². The molecular weight excluding hydrogens is 202 g/mol. The molecule has 0 spiro atoms. The molecule has 0 fully saturated rings. The molecule has 1 aromatic rings. The second kappa shape index (κ2) is 5.21. The summed E-state index contributed by atoms with van der Waals surface area (Å²) < 4.78 is 5.78. The van der Waals surface area contributed by atoms with Crippen molar-refractivity contribution in [3.8, 4) is 11.5 Å². The van der Waals surface area contributed by atoms with Gasteiger partial charge >= 0.3 is 0 Å². The minimum absolute atomic E-state index is 0.183. The maximum Gasteiger partial charge on any atom is 0.162 e. The first-order valence-electron chi connectivity index (χ1n) is 5.69. The molecule has 1 aromatic carbocycles. The van der Waals surface area contributed by atoms with E-state index in [2.05, 4.69) is 6.92 Å². The van der Waals surface area contributed by atoms with E-state index in [1.54, 1.807) is 6.07 Å². The van der Waals surface area contributed by atoms with Crippen molar-refractivity contribution in [3.05, 3.63) is 23.8 Å². The van der Waals surface area contributed by atoms with Gasteiger partial charge in [-0.05, 0) is 50.9 Å². The normalized spacial score (nSPS) is 11.5. The minimum atomic E-state index is -0.265. The SMILES string of the molecule is CCC(C)(C)Oc1cc(CCN)ccc1O. The van der Waals surface area contributed by atoms with Crippen LogP contribution in [0.2, 0.25) is 0 Å². The molecule has 16 heavy (non-hydrogen) atoms. The van der Waals surface area contributed by atoms with E-state index in [4.69, 9.17) is 10.5 Å². The lowest BCUT2D eigenvalue weighted by Gasteiger charge is -2.25. The highest BCUT2D eigenvalue weighted by atomic mass is 16.5. The number of phenols is 1. The Morgan fingerprint density at radius 1 is 1.38 bits per heavy atom. The predicted octanol–water partition coefficient (Wildman–Crippen LogP) is 2.46. The topological polar surface area (TPSA) is 55.5 Å². The Labute approximate surface area is 97.2 Å². The van der Waals surface area contributed by atoms with Crippen LogP contribution in [0.4, 0.5) is 0 Å². The van der Waals surface area contributed by atoms with Gasteiger partial charge in [-0.15, -0.1) is 0 Å². The fraction of sp³-hybridized carbons (Fsp3) is 0.538. The van der Waals surface area contributed by atoms with Gasteiger partial charge < -0.3 is 15.6 Å². The van der Waals surface area contributed by atoms with Crippen LogP contribution in [0.3, 0.4) is 0 Å². The highest BCUT2D eigenvalue weighted by molar-refractivity contribution is 5.42. The molecule has 3 heteroatoms. The predicted molar refractivity (Wildman–Crippen MR) is 65.9 cm³/mol. The Morgan fingerprint density at radius 3 is 2.62 bits per heavy atom. The van der Waals surface area contributed by atoms with Gasteiger partial charge in [0.15, 0.2) is 11.5 Å². The number of benzene rings is 1. The number of aromatic hydroxyl groups is 1. The first-order chi connectivity index (χ1) is 7.48. The molecule has 90 valence electrons. The lowest BCUT2D eigenvalue weighted by molar-refractivity contribution is 0.101. The summed E-state index contributed by atoms with van der Waals surface area (Å²) in [5, 5.41) is 9.71. The maximum absolute atomic E-state index is 9.71. The molecule has 0 aromatic heterocycles. The van der Waals surface area contributed by atoms with Crippen LogP contribution in [-0.4, -0.2) is 17.3 Å². The second-order valence-electron chi connectivity index (χ2n) is 4.56. The summed E-state index contributed by atoms with van der Waals surface area (Å²) in [5.41, 5.74) is 6.32. The molecule has 0 bridgehead atoms. The molecule has 0 heterocycles. The average Bonchev–Trinajstić information content (AvgIpc) is 2.23. The summed E-state index contributed by atoms with van der Waals surface area (Å²) in [6.07, 6.45) is 1.68. The fourth-order valence-corrected chi connectivity index (χ4v) is 1.33. The van der Waals surface area contributed by atoms with E-state index in [0.29, 0.717) is 12.3 Å². The second-order valence-corrected chi connectivity index (χ2v) is 4.56. The summed E-state index contributed by atoms with van der Waals surface area (Å²) in [5.74, 6) is 0.722. The summed E-state index contributed by atoms with van der Waals surface area (Å²) in [7, 11) is 0. The van der Waals surface area contributed by atoms with E-state index in [1.807, 2.05) is 26.0 Å². The van der Waals surface area contributed by atoms with Gasteiger partial charge in [0, 0.05) is 0 Å². The van der Waals surface area contributed by atoms with Crippen molar-refractivity contribution in [3.63, 3.8) is 0 Å². The molecular formula is C13H21NO2. The smallest absolute Gasteiger partial charge is 0.162 e. The van der Waals surface area contributed by atoms with Crippen molar-refractivity contribution in [2.24, 2.45) is 5.73 Å². The van der Waals surface area contributed by atoms with E-state index >= 15 is 0 Å². The maximum atomic E-state index is 9.71. The molecule has 1 rings (SSSR count). The van der Waals surface area contributed by atoms with Crippen LogP contribution in [0.15, 0.2) is 18.2 Å². The van der Waals surface area contributed by atoms with Crippen molar-refractivity contribution < 1.29 is 9.84 Å². The summed E-state index contributed by atoms with van der Waals surface area (Å²) in [6, 6.07) is 5.39. The minimum Gasteiger partial charge on any atom is -0.504 e. The third kappa shape index (κ3) is 3.42. The van der Waals surface area contributed by atoms with Gasteiger partial charge in [0.05, 0.1) is 0 Å². The molecule has 3 nitrogen and oxygen atoms in total. The van der Waals surface area contributed by atoms with Crippen LogP contribution < -0.4 is 10.5 Å². The van der Waals surface area contributed by atoms with Gasteiger partial charge in [0.25, 0.3) is 0 Å². The van der Waals surface area contributed by atoms with Crippen molar-refractivity contribution >= 4 is 0 Å². The van der Waals surface area contributed by atoms with Crippen molar-refractivity contribution in [1.29, 1.82) is 0 Å². The van der Waals surface area contributed by atoms with Gasteiger partial charge in [-0.25, -0.2) is 0 Å².